The minimum absolute atomic E-state index is 0.148. The maximum atomic E-state index is 6.44. The normalized spacial score (nSPS) is 11.9. The van der Waals surface area contributed by atoms with Crippen LogP contribution in [0.1, 0.15) is 25.5 Å². The van der Waals surface area contributed by atoms with Crippen LogP contribution in [0, 0.1) is 0 Å². The van der Waals surface area contributed by atoms with Gasteiger partial charge in [0.15, 0.2) is 5.11 Å². The molecule has 2 N–H and O–H groups in total. The van der Waals surface area contributed by atoms with E-state index in [-0.39, 0.29) is 6.04 Å². The minimum atomic E-state index is 0.148. The molecule has 140 valence electrons. The molecule has 0 fully saturated rings. The summed E-state index contributed by atoms with van der Waals surface area (Å²) in [4.78, 5) is 2.37. The Balaban J connectivity index is 2.03. The summed E-state index contributed by atoms with van der Waals surface area (Å²) in [5.74, 6) is 0.815. The number of thiocarbonyl (C=S) groups is 1. The van der Waals surface area contributed by atoms with E-state index in [0.717, 1.165) is 35.1 Å². The summed E-state index contributed by atoms with van der Waals surface area (Å²) in [5.41, 5.74) is 2.03. The Kier molecular flexibility index (Phi) is 8.16. The van der Waals surface area contributed by atoms with Crippen LogP contribution in [0.15, 0.2) is 48.5 Å². The molecule has 2 rings (SSSR count). The van der Waals surface area contributed by atoms with Gasteiger partial charge in [-0.3, -0.25) is 4.90 Å². The molecule has 0 saturated heterocycles. The third-order valence-electron chi connectivity index (χ3n) is 4.32. The number of anilines is 1. The topological polar surface area (TPSA) is 36.5 Å². The second-order valence-corrected chi connectivity index (χ2v) is 6.64. The van der Waals surface area contributed by atoms with Crippen molar-refractivity contribution in [3.8, 4) is 5.75 Å². The van der Waals surface area contributed by atoms with Crippen molar-refractivity contribution < 1.29 is 4.74 Å². The van der Waals surface area contributed by atoms with Crippen molar-refractivity contribution in [2.75, 3.05) is 32.1 Å². The van der Waals surface area contributed by atoms with Gasteiger partial charge in [-0.15, -0.1) is 0 Å². The van der Waals surface area contributed by atoms with Crippen LogP contribution >= 0.6 is 23.8 Å². The summed E-state index contributed by atoms with van der Waals surface area (Å²) in [5, 5.41) is 7.89. The predicted octanol–water partition coefficient (Wildman–Crippen LogP) is 4.72. The highest BCUT2D eigenvalue weighted by Gasteiger charge is 2.20. The van der Waals surface area contributed by atoms with Crippen LogP contribution < -0.4 is 15.4 Å². The van der Waals surface area contributed by atoms with E-state index >= 15 is 0 Å². The van der Waals surface area contributed by atoms with Crippen molar-refractivity contribution in [2.24, 2.45) is 0 Å². The Hall–Kier alpha value is -1.82. The Morgan fingerprint density at radius 2 is 1.77 bits per heavy atom. The van der Waals surface area contributed by atoms with E-state index in [2.05, 4.69) is 35.4 Å². The summed E-state index contributed by atoms with van der Waals surface area (Å²) < 4.78 is 5.17. The number of hydrogen-bond donors (Lipinski definition) is 2. The zero-order valence-corrected chi connectivity index (χ0v) is 17.0. The number of halogens is 1. The fraction of sp³-hybridized carbons (Fsp3) is 0.350. The highest BCUT2D eigenvalue weighted by molar-refractivity contribution is 7.80. The van der Waals surface area contributed by atoms with Gasteiger partial charge in [0, 0.05) is 17.3 Å². The number of ether oxygens (including phenoxy) is 1. The van der Waals surface area contributed by atoms with Gasteiger partial charge in [0.25, 0.3) is 0 Å². The van der Waals surface area contributed by atoms with Gasteiger partial charge in [0.2, 0.25) is 0 Å². The van der Waals surface area contributed by atoms with Crippen LogP contribution in [0.2, 0.25) is 5.02 Å². The van der Waals surface area contributed by atoms with Gasteiger partial charge in [-0.25, -0.2) is 0 Å². The van der Waals surface area contributed by atoms with Crippen LogP contribution in [0.5, 0.6) is 5.75 Å². The van der Waals surface area contributed by atoms with Gasteiger partial charge in [0.1, 0.15) is 5.75 Å². The van der Waals surface area contributed by atoms with Crippen LogP contribution in [0.3, 0.4) is 0 Å². The van der Waals surface area contributed by atoms with E-state index in [4.69, 9.17) is 28.6 Å². The number of benzene rings is 2. The van der Waals surface area contributed by atoms with Gasteiger partial charge in [-0.05, 0) is 61.2 Å². The zero-order chi connectivity index (χ0) is 18.9. The van der Waals surface area contributed by atoms with Gasteiger partial charge in [-0.2, -0.15) is 0 Å². The molecule has 4 nitrogen and oxygen atoms in total. The lowest BCUT2D eigenvalue weighted by Crippen LogP contribution is -2.39. The first-order chi connectivity index (χ1) is 12.6. The Morgan fingerprint density at radius 3 is 2.35 bits per heavy atom. The minimum Gasteiger partial charge on any atom is -0.497 e. The first kappa shape index (κ1) is 20.5. The van der Waals surface area contributed by atoms with Crippen molar-refractivity contribution in [2.45, 2.75) is 19.9 Å². The van der Waals surface area contributed by atoms with Crippen LogP contribution in [0.4, 0.5) is 5.69 Å². The molecule has 1 atom stereocenters. The monoisotopic (exact) mass is 391 g/mol. The SMILES string of the molecule is CCN(CC)[C@H](CNC(=S)Nc1ccc(OC)cc1)c1ccccc1Cl. The smallest absolute Gasteiger partial charge is 0.170 e. The number of rotatable bonds is 8. The Morgan fingerprint density at radius 1 is 1.12 bits per heavy atom. The van der Waals surface area contributed by atoms with Crippen molar-refractivity contribution in [3.05, 3.63) is 59.1 Å². The molecule has 6 heteroatoms. The van der Waals surface area contributed by atoms with Gasteiger partial charge >= 0.3 is 0 Å². The van der Waals surface area contributed by atoms with E-state index < -0.39 is 0 Å². The summed E-state index contributed by atoms with van der Waals surface area (Å²) in [6, 6.07) is 15.8. The van der Waals surface area contributed by atoms with Crippen molar-refractivity contribution in [3.63, 3.8) is 0 Å². The third-order valence-corrected chi connectivity index (χ3v) is 4.91. The summed E-state index contributed by atoms with van der Waals surface area (Å²) in [6.45, 7) is 6.86. The molecule has 0 bridgehead atoms. The van der Waals surface area contributed by atoms with Crippen LogP contribution in [-0.2, 0) is 0 Å². The molecule has 0 spiro atoms. The van der Waals surface area contributed by atoms with E-state index in [1.54, 1.807) is 7.11 Å². The number of likely N-dealkylation sites (N-methyl/N-ethyl adjacent to an activating group) is 1. The fourth-order valence-corrected chi connectivity index (χ4v) is 3.35. The molecule has 0 aliphatic heterocycles. The molecule has 2 aromatic carbocycles. The molecule has 0 radical (unpaired) electrons. The van der Waals surface area contributed by atoms with E-state index in [9.17, 15) is 0 Å². The largest absolute Gasteiger partial charge is 0.497 e. The van der Waals surface area contributed by atoms with Crippen molar-refractivity contribution in [1.29, 1.82) is 0 Å². The average Bonchev–Trinajstić information content (AvgIpc) is 2.66. The van der Waals surface area contributed by atoms with Crippen molar-refractivity contribution in [1.82, 2.24) is 10.2 Å². The Bertz CT molecular complexity index is 704. The second-order valence-electron chi connectivity index (χ2n) is 5.82. The number of methoxy groups -OCH3 is 1. The number of nitrogens with zero attached hydrogens (tertiary/aromatic N) is 1. The molecule has 2 aromatic rings. The van der Waals surface area contributed by atoms with Crippen LogP contribution in [0.25, 0.3) is 0 Å². The van der Waals surface area contributed by atoms with Crippen molar-refractivity contribution >= 4 is 34.6 Å². The first-order valence-corrected chi connectivity index (χ1v) is 9.55. The lowest BCUT2D eigenvalue weighted by molar-refractivity contribution is 0.219. The van der Waals surface area contributed by atoms with E-state index in [0.29, 0.717) is 11.7 Å². The first-order valence-electron chi connectivity index (χ1n) is 8.76. The van der Waals surface area contributed by atoms with Gasteiger partial charge < -0.3 is 15.4 Å². The highest BCUT2D eigenvalue weighted by Crippen LogP contribution is 2.27. The molecule has 0 aliphatic carbocycles. The lowest BCUT2D eigenvalue weighted by Gasteiger charge is -2.31. The molecule has 26 heavy (non-hydrogen) atoms. The molecule has 0 unspecified atom stereocenters. The molecule has 0 aromatic heterocycles. The standard InChI is InChI=1S/C20H26ClN3OS/c1-4-24(5-2)19(17-8-6-7-9-18(17)21)14-22-20(26)23-15-10-12-16(25-3)13-11-15/h6-13,19H,4-5,14H2,1-3H3,(H2,22,23,26)/t19-/m1/s1. The average molecular weight is 392 g/mol. The molecule has 0 saturated carbocycles. The molecule has 0 amide bonds. The maximum Gasteiger partial charge on any atom is 0.170 e. The highest BCUT2D eigenvalue weighted by atomic mass is 35.5. The summed E-state index contributed by atoms with van der Waals surface area (Å²) in [7, 11) is 1.65. The summed E-state index contributed by atoms with van der Waals surface area (Å²) >= 11 is 11.9. The molecular weight excluding hydrogens is 366 g/mol. The second kappa shape index (κ2) is 10.4. The molecule has 0 aliphatic rings. The maximum absolute atomic E-state index is 6.44. The van der Waals surface area contributed by atoms with Gasteiger partial charge in [-0.1, -0.05) is 43.6 Å². The third kappa shape index (κ3) is 5.59. The quantitative estimate of drug-likeness (QED) is 0.637. The molecular formula is C20H26ClN3OS. The number of hydrogen-bond acceptors (Lipinski definition) is 3. The summed E-state index contributed by atoms with van der Waals surface area (Å²) in [6.07, 6.45) is 0. The van der Waals surface area contributed by atoms with Crippen LogP contribution in [-0.4, -0.2) is 36.8 Å². The zero-order valence-electron chi connectivity index (χ0n) is 15.5. The predicted molar refractivity (Wildman–Crippen MR) is 114 cm³/mol. The van der Waals surface area contributed by atoms with E-state index in [1.807, 2.05) is 42.5 Å². The fourth-order valence-electron chi connectivity index (χ4n) is 2.88. The lowest BCUT2D eigenvalue weighted by atomic mass is 10.0. The Labute approximate surface area is 166 Å². The number of nitrogens with one attached hydrogen (secondary N) is 2. The van der Waals surface area contributed by atoms with Gasteiger partial charge in [0.05, 0.1) is 13.2 Å². The van der Waals surface area contributed by atoms with E-state index in [1.165, 1.54) is 0 Å². The molecule has 0 heterocycles.